The van der Waals surface area contributed by atoms with E-state index in [1.165, 1.54) is 12.3 Å². The lowest BCUT2D eigenvalue weighted by atomic mass is 10.1. The Labute approximate surface area is 111 Å². The summed E-state index contributed by atoms with van der Waals surface area (Å²) < 4.78 is 0. The van der Waals surface area contributed by atoms with Crippen molar-refractivity contribution in [2.45, 2.75) is 33.2 Å². The Morgan fingerprint density at radius 3 is 2.63 bits per heavy atom. The van der Waals surface area contributed by atoms with Crippen LogP contribution in [0.1, 0.15) is 26.3 Å². The molecule has 104 valence electrons. The van der Waals surface area contributed by atoms with E-state index in [0.29, 0.717) is 11.4 Å². The first-order chi connectivity index (χ1) is 8.69. The van der Waals surface area contributed by atoms with Crippen LogP contribution in [0.2, 0.25) is 0 Å². The van der Waals surface area contributed by atoms with Crippen molar-refractivity contribution in [1.82, 2.24) is 10.3 Å². The summed E-state index contributed by atoms with van der Waals surface area (Å²) in [4.78, 5) is 25.9. The highest BCUT2D eigenvalue weighted by atomic mass is 16.6. The molecule has 0 radical (unpaired) electrons. The number of nitro groups is 1. The van der Waals surface area contributed by atoms with Crippen LogP contribution in [-0.2, 0) is 4.79 Å². The van der Waals surface area contributed by atoms with Gasteiger partial charge in [-0.2, -0.15) is 0 Å². The summed E-state index contributed by atoms with van der Waals surface area (Å²) in [5.41, 5.74) is 0.147. The molecule has 0 saturated heterocycles. The number of amides is 1. The zero-order valence-corrected chi connectivity index (χ0v) is 11.5. The van der Waals surface area contributed by atoms with Gasteiger partial charge in [0, 0.05) is 17.3 Å². The Balaban J connectivity index is 2.66. The summed E-state index contributed by atoms with van der Waals surface area (Å²) >= 11 is 0. The van der Waals surface area contributed by atoms with Crippen LogP contribution in [0, 0.1) is 17.0 Å². The molecule has 0 atom stereocenters. The van der Waals surface area contributed by atoms with Crippen molar-refractivity contribution in [1.29, 1.82) is 0 Å². The molecule has 1 rings (SSSR count). The molecule has 1 heterocycles. The summed E-state index contributed by atoms with van der Waals surface area (Å²) in [6.07, 6.45) is 1.40. The van der Waals surface area contributed by atoms with Crippen LogP contribution in [0.25, 0.3) is 0 Å². The lowest BCUT2D eigenvalue weighted by Crippen LogP contribution is -2.43. The second-order valence-corrected chi connectivity index (χ2v) is 5.26. The van der Waals surface area contributed by atoms with E-state index >= 15 is 0 Å². The van der Waals surface area contributed by atoms with Crippen molar-refractivity contribution >= 4 is 17.4 Å². The van der Waals surface area contributed by atoms with Crippen molar-refractivity contribution in [2.24, 2.45) is 0 Å². The Morgan fingerprint density at radius 2 is 2.11 bits per heavy atom. The lowest BCUT2D eigenvalue weighted by molar-refractivity contribution is -0.385. The third kappa shape index (κ3) is 4.90. The lowest BCUT2D eigenvalue weighted by Gasteiger charge is -2.20. The second kappa shape index (κ2) is 5.64. The minimum absolute atomic E-state index is 0.0183. The summed E-state index contributed by atoms with van der Waals surface area (Å²) in [5.74, 6) is 0.110. The Hall–Kier alpha value is -2.18. The van der Waals surface area contributed by atoms with Crippen molar-refractivity contribution in [3.8, 4) is 0 Å². The number of pyridine rings is 1. The fourth-order valence-corrected chi connectivity index (χ4v) is 1.44. The molecule has 0 unspecified atom stereocenters. The second-order valence-electron chi connectivity index (χ2n) is 5.26. The average Bonchev–Trinajstić information content (AvgIpc) is 2.25. The van der Waals surface area contributed by atoms with Crippen LogP contribution < -0.4 is 10.6 Å². The monoisotopic (exact) mass is 266 g/mol. The molecule has 2 N–H and O–H groups in total. The van der Waals surface area contributed by atoms with E-state index in [-0.39, 0.29) is 23.7 Å². The van der Waals surface area contributed by atoms with Gasteiger partial charge >= 0.3 is 0 Å². The largest absolute Gasteiger partial charge is 0.361 e. The van der Waals surface area contributed by atoms with Gasteiger partial charge in [-0.1, -0.05) is 0 Å². The van der Waals surface area contributed by atoms with Crippen molar-refractivity contribution in [2.75, 3.05) is 11.9 Å². The fraction of sp³-hybridized carbons (Fsp3) is 0.500. The summed E-state index contributed by atoms with van der Waals surface area (Å²) in [6, 6.07) is 1.32. The van der Waals surface area contributed by atoms with Crippen molar-refractivity contribution < 1.29 is 9.72 Å². The Bertz CT molecular complexity index is 494. The number of carbonyl (C=O) groups is 1. The molecule has 1 aromatic rings. The SMILES string of the molecule is Cc1cnc(NCC(=O)NC(C)(C)C)cc1[N+](=O)[O-]. The molecule has 0 bridgehead atoms. The molecule has 1 aromatic heterocycles. The van der Waals surface area contributed by atoms with Crippen molar-refractivity contribution in [3.05, 3.63) is 27.9 Å². The number of hydrogen-bond donors (Lipinski definition) is 2. The van der Waals surface area contributed by atoms with Crippen LogP contribution in [0.4, 0.5) is 11.5 Å². The normalized spacial score (nSPS) is 10.9. The molecular weight excluding hydrogens is 248 g/mol. The maximum absolute atomic E-state index is 11.6. The van der Waals surface area contributed by atoms with E-state index < -0.39 is 4.92 Å². The minimum Gasteiger partial charge on any atom is -0.361 e. The molecule has 0 spiro atoms. The van der Waals surface area contributed by atoms with Crippen LogP contribution in [-0.4, -0.2) is 27.9 Å². The maximum atomic E-state index is 11.6. The molecular formula is C12H18N4O3. The topological polar surface area (TPSA) is 97.2 Å². The number of anilines is 1. The highest BCUT2D eigenvalue weighted by Gasteiger charge is 2.15. The molecule has 0 fully saturated rings. The smallest absolute Gasteiger partial charge is 0.277 e. The Kier molecular flexibility index (Phi) is 4.42. The average molecular weight is 266 g/mol. The van der Waals surface area contributed by atoms with E-state index in [1.54, 1.807) is 6.92 Å². The first kappa shape index (κ1) is 14.9. The summed E-state index contributed by atoms with van der Waals surface area (Å²) in [6.45, 7) is 7.26. The molecule has 1 amide bonds. The quantitative estimate of drug-likeness (QED) is 0.637. The number of hydrogen-bond acceptors (Lipinski definition) is 5. The molecule has 0 aliphatic carbocycles. The zero-order chi connectivity index (χ0) is 14.6. The number of aryl methyl sites for hydroxylation is 1. The first-order valence-electron chi connectivity index (χ1n) is 5.85. The van der Waals surface area contributed by atoms with E-state index in [1.807, 2.05) is 20.8 Å². The van der Waals surface area contributed by atoms with Gasteiger partial charge in [0.05, 0.1) is 17.5 Å². The molecule has 0 aliphatic rings. The number of nitrogens with zero attached hydrogens (tertiary/aromatic N) is 2. The highest BCUT2D eigenvalue weighted by molar-refractivity contribution is 5.81. The fourth-order valence-electron chi connectivity index (χ4n) is 1.44. The number of aromatic nitrogens is 1. The third-order valence-corrected chi connectivity index (χ3v) is 2.22. The molecule has 19 heavy (non-hydrogen) atoms. The van der Waals surface area contributed by atoms with Gasteiger partial charge in [0.1, 0.15) is 5.82 Å². The van der Waals surface area contributed by atoms with Crippen LogP contribution in [0.15, 0.2) is 12.3 Å². The van der Waals surface area contributed by atoms with Gasteiger partial charge < -0.3 is 10.6 Å². The zero-order valence-electron chi connectivity index (χ0n) is 11.5. The Morgan fingerprint density at radius 1 is 1.47 bits per heavy atom. The number of carbonyl (C=O) groups excluding carboxylic acids is 1. The molecule has 7 heteroatoms. The minimum atomic E-state index is -0.475. The maximum Gasteiger partial charge on any atom is 0.277 e. The summed E-state index contributed by atoms with van der Waals surface area (Å²) in [7, 11) is 0. The first-order valence-corrected chi connectivity index (χ1v) is 5.85. The highest BCUT2D eigenvalue weighted by Crippen LogP contribution is 2.19. The van der Waals surface area contributed by atoms with E-state index in [4.69, 9.17) is 0 Å². The van der Waals surface area contributed by atoms with Gasteiger partial charge in [0.25, 0.3) is 5.69 Å². The standard InChI is InChI=1S/C12H18N4O3/c1-8-6-13-10(5-9(8)16(18)19)14-7-11(17)15-12(2,3)4/h5-6H,7H2,1-4H3,(H,13,14)(H,15,17). The van der Waals surface area contributed by atoms with Crippen LogP contribution in [0.5, 0.6) is 0 Å². The molecule has 0 saturated carbocycles. The predicted octanol–water partition coefficient (Wildman–Crippen LogP) is 1.62. The molecule has 7 nitrogen and oxygen atoms in total. The summed E-state index contributed by atoms with van der Waals surface area (Å²) in [5, 5.41) is 16.3. The van der Waals surface area contributed by atoms with E-state index in [9.17, 15) is 14.9 Å². The van der Waals surface area contributed by atoms with Gasteiger partial charge in [-0.15, -0.1) is 0 Å². The number of nitrogens with one attached hydrogen (secondary N) is 2. The van der Waals surface area contributed by atoms with Gasteiger partial charge in [-0.3, -0.25) is 14.9 Å². The van der Waals surface area contributed by atoms with Crippen LogP contribution >= 0.6 is 0 Å². The molecule has 0 aliphatic heterocycles. The van der Waals surface area contributed by atoms with E-state index in [2.05, 4.69) is 15.6 Å². The third-order valence-electron chi connectivity index (χ3n) is 2.22. The van der Waals surface area contributed by atoms with Gasteiger partial charge in [0.15, 0.2) is 0 Å². The van der Waals surface area contributed by atoms with Gasteiger partial charge in [0.2, 0.25) is 5.91 Å². The molecule has 0 aromatic carbocycles. The van der Waals surface area contributed by atoms with E-state index in [0.717, 1.165) is 0 Å². The predicted molar refractivity (Wildman–Crippen MR) is 72.0 cm³/mol. The number of rotatable bonds is 4. The van der Waals surface area contributed by atoms with Crippen LogP contribution in [0.3, 0.4) is 0 Å². The van der Waals surface area contributed by atoms with Gasteiger partial charge in [-0.25, -0.2) is 4.98 Å². The van der Waals surface area contributed by atoms with Gasteiger partial charge in [-0.05, 0) is 27.7 Å². The van der Waals surface area contributed by atoms with Crippen molar-refractivity contribution in [3.63, 3.8) is 0 Å².